The van der Waals surface area contributed by atoms with E-state index in [2.05, 4.69) is 58.7 Å². The van der Waals surface area contributed by atoms with E-state index in [-0.39, 0.29) is 4.32 Å². The molecule has 0 spiro atoms. The molecule has 0 aromatic rings. The highest BCUT2D eigenvalue weighted by atomic mass is 79.9. The van der Waals surface area contributed by atoms with Gasteiger partial charge in [0, 0.05) is 4.48 Å². The molecule has 14 heavy (non-hydrogen) atoms. The van der Waals surface area contributed by atoms with E-state index in [1.807, 2.05) is 0 Å². The van der Waals surface area contributed by atoms with Crippen LogP contribution >= 0.6 is 31.9 Å². The molecule has 0 aliphatic heterocycles. The molecule has 1 aliphatic carbocycles. The zero-order valence-corrected chi connectivity index (χ0v) is 12.5. The number of rotatable bonds is 5. The molecule has 0 N–H and O–H groups in total. The summed E-state index contributed by atoms with van der Waals surface area (Å²) in [6.07, 6.45) is 8.75. The molecule has 1 rings (SSSR count). The molecule has 1 atom stereocenters. The van der Waals surface area contributed by atoms with Crippen molar-refractivity contribution in [2.75, 3.05) is 0 Å². The molecule has 1 unspecified atom stereocenters. The maximum atomic E-state index is 3.83. The Bertz CT molecular complexity index is 230. The first-order chi connectivity index (χ1) is 6.44. The minimum Gasteiger partial charge on any atom is -0.0789 e. The normalized spacial score (nSPS) is 30.5. The third-order valence-electron chi connectivity index (χ3n) is 3.14. The lowest BCUT2D eigenvalue weighted by molar-refractivity contribution is 0.627. The molecule has 0 heterocycles. The molecule has 0 nitrogen and oxygen atoms in total. The van der Waals surface area contributed by atoms with E-state index in [0.29, 0.717) is 5.41 Å². The first kappa shape index (κ1) is 12.8. The van der Waals surface area contributed by atoms with Crippen molar-refractivity contribution < 1.29 is 0 Å². The van der Waals surface area contributed by atoms with Gasteiger partial charge in [-0.3, -0.25) is 0 Å². The van der Waals surface area contributed by atoms with Gasteiger partial charge in [-0.15, -0.1) is 0 Å². The fourth-order valence-electron chi connectivity index (χ4n) is 1.76. The van der Waals surface area contributed by atoms with E-state index in [4.69, 9.17) is 0 Å². The third kappa shape index (κ3) is 2.63. The van der Waals surface area contributed by atoms with Crippen LogP contribution < -0.4 is 0 Å². The van der Waals surface area contributed by atoms with Gasteiger partial charge in [0.05, 0.1) is 4.32 Å². The highest BCUT2D eigenvalue weighted by molar-refractivity contribution is 9.14. The predicted molar refractivity (Wildman–Crippen MR) is 71.2 cm³/mol. The molecule has 0 saturated heterocycles. The van der Waals surface area contributed by atoms with Crippen LogP contribution in [0.5, 0.6) is 0 Å². The molecule has 0 aromatic heterocycles. The van der Waals surface area contributed by atoms with Gasteiger partial charge in [0.25, 0.3) is 0 Å². The summed E-state index contributed by atoms with van der Waals surface area (Å²) in [4.78, 5) is 0. The topological polar surface area (TPSA) is 0 Å². The van der Waals surface area contributed by atoms with Gasteiger partial charge in [-0.05, 0) is 24.7 Å². The van der Waals surface area contributed by atoms with Crippen molar-refractivity contribution in [3.05, 3.63) is 10.6 Å². The third-order valence-corrected chi connectivity index (χ3v) is 6.46. The summed E-state index contributed by atoms with van der Waals surface area (Å²) < 4.78 is 1.60. The van der Waals surface area contributed by atoms with Crippen molar-refractivity contribution in [1.29, 1.82) is 0 Å². The monoisotopic (exact) mass is 322 g/mol. The summed E-state index contributed by atoms with van der Waals surface area (Å²) in [5, 5.41) is 0. The smallest absolute Gasteiger partial charge is 0.0625 e. The van der Waals surface area contributed by atoms with E-state index in [1.165, 1.54) is 36.6 Å². The molecule has 2 heteroatoms. The van der Waals surface area contributed by atoms with Gasteiger partial charge >= 0.3 is 0 Å². The summed E-state index contributed by atoms with van der Waals surface area (Å²) >= 11 is 7.53. The van der Waals surface area contributed by atoms with Crippen LogP contribution in [-0.2, 0) is 0 Å². The standard InChI is InChI=1S/C12H20Br2/c1-4-5-6-7-8-10(13)12(14)9-11(12,2)3/h8H,4-7,9H2,1-3H3/b10-8-. The van der Waals surface area contributed by atoms with Crippen LogP contribution in [0.25, 0.3) is 0 Å². The Morgan fingerprint density at radius 3 is 2.36 bits per heavy atom. The molecule has 0 aromatic carbocycles. The van der Waals surface area contributed by atoms with Gasteiger partial charge in [-0.1, -0.05) is 71.5 Å². The fraction of sp³-hybridized carbons (Fsp3) is 0.833. The Kier molecular flexibility index (Phi) is 4.28. The number of allylic oxidation sites excluding steroid dienone is 2. The Balaban J connectivity index is 2.38. The fourth-order valence-corrected chi connectivity index (χ4v) is 3.53. The minimum absolute atomic E-state index is 0.242. The van der Waals surface area contributed by atoms with Crippen molar-refractivity contribution in [2.45, 2.75) is 57.2 Å². The molecule has 0 amide bonds. The Morgan fingerprint density at radius 1 is 1.36 bits per heavy atom. The Hall–Kier alpha value is 0.700. The first-order valence-electron chi connectivity index (χ1n) is 5.49. The second-order valence-corrected chi connectivity index (χ2v) is 7.12. The number of halogens is 2. The van der Waals surface area contributed by atoms with E-state index in [9.17, 15) is 0 Å². The van der Waals surface area contributed by atoms with Crippen LogP contribution in [0.15, 0.2) is 10.6 Å². The van der Waals surface area contributed by atoms with Crippen molar-refractivity contribution in [3.63, 3.8) is 0 Å². The van der Waals surface area contributed by atoms with Crippen LogP contribution in [0.2, 0.25) is 0 Å². The Morgan fingerprint density at radius 2 is 1.93 bits per heavy atom. The lowest BCUT2D eigenvalue weighted by Gasteiger charge is -2.12. The largest absolute Gasteiger partial charge is 0.0789 e. The zero-order valence-electron chi connectivity index (χ0n) is 9.37. The molecule has 1 saturated carbocycles. The molecule has 1 aliphatic rings. The second-order valence-electron chi connectivity index (χ2n) is 4.91. The summed E-state index contributed by atoms with van der Waals surface area (Å²) in [6.45, 7) is 6.86. The van der Waals surface area contributed by atoms with Gasteiger partial charge in [0.2, 0.25) is 0 Å². The summed E-state index contributed by atoms with van der Waals surface area (Å²) in [5.74, 6) is 0. The van der Waals surface area contributed by atoms with Gasteiger partial charge in [-0.25, -0.2) is 0 Å². The maximum absolute atomic E-state index is 3.83. The molecular formula is C12H20Br2. The second kappa shape index (κ2) is 4.69. The van der Waals surface area contributed by atoms with Gasteiger partial charge < -0.3 is 0 Å². The highest BCUT2D eigenvalue weighted by Crippen LogP contribution is 2.66. The quantitative estimate of drug-likeness (QED) is 0.469. The highest BCUT2D eigenvalue weighted by Gasteiger charge is 2.61. The molecule has 0 radical (unpaired) electrons. The van der Waals surface area contributed by atoms with Gasteiger partial charge in [0.15, 0.2) is 0 Å². The summed E-state index contributed by atoms with van der Waals surface area (Å²) in [7, 11) is 0. The average molecular weight is 324 g/mol. The number of hydrogen-bond donors (Lipinski definition) is 0. The van der Waals surface area contributed by atoms with Crippen LogP contribution in [0, 0.1) is 5.41 Å². The van der Waals surface area contributed by atoms with Crippen LogP contribution in [-0.4, -0.2) is 4.32 Å². The zero-order chi connectivity index (χ0) is 10.8. The van der Waals surface area contributed by atoms with Crippen LogP contribution in [0.1, 0.15) is 52.9 Å². The van der Waals surface area contributed by atoms with Gasteiger partial charge in [-0.2, -0.15) is 0 Å². The molecular weight excluding hydrogens is 304 g/mol. The van der Waals surface area contributed by atoms with Crippen LogP contribution in [0.3, 0.4) is 0 Å². The SMILES string of the molecule is CCCCC/C=C(\Br)C1(Br)CC1(C)C. The average Bonchev–Trinajstić information content (AvgIpc) is 2.61. The van der Waals surface area contributed by atoms with E-state index in [0.717, 1.165) is 0 Å². The van der Waals surface area contributed by atoms with E-state index in [1.54, 1.807) is 0 Å². The van der Waals surface area contributed by atoms with E-state index < -0.39 is 0 Å². The molecule has 0 bridgehead atoms. The van der Waals surface area contributed by atoms with Crippen molar-refractivity contribution in [1.82, 2.24) is 0 Å². The summed E-state index contributed by atoms with van der Waals surface area (Å²) in [5.41, 5.74) is 0.424. The van der Waals surface area contributed by atoms with Gasteiger partial charge in [0.1, 0.15) is 0 Å². The van der Waals surface area contributed by atoms with Crippen molar-refractivity contribution in [2.24, 2.45) is 5.41 Å². The molecule has 82 valence electrons. The number of unbranched alkanes of at least 4 members (excludes halogenated alkanes) is 3. The number of hydrogen-bond acceptors (Lipinski definition) is 0. The Labute approximate surface area is 105 Å². The molecule has 1 fully saturated rings. The number of alkyl halides is 1. The lowest BCUT2D eigenvalue weighted by atomic mass is 10.1. The van der Waals surface area contributed by atoms with E-state index >= 15 is 0 Å². The predicted octanol–water partition coefficient (Wildman–Crippen LogP) is 5.41. The maximum Gasteiger partial charge on any atom is 0.0625 e. The van der Waals surface area contributed by atoms with Crippen molar-refractivity contribution in [3.8, 4) is 0 Å². The van der Waals surface area contributed by atoms with Crippen molar-refractivity contribution >= 4 is 31.9 Å². The lowest BCUT2D eigenvalue weighted by Crippen LogP contribution is -2.06. The summed E-state index contributed by atoms with van der Waals surface area (Å²) in [6, 6.07) is 0. The van der Waals surface area contributed by atoms with Crippen LogP contribution in [0.4, 0.5) is 0 Å². The first-order valence-corrected chi connectivity index (χ1v) is 7.08. The minimum atomic E-state index is 0.242.